The summed E-state index contributed by atoms with van der Waals surface area (Å²) in [5.74, 6) is 2.04. The summed E-state index contributed by atoms with van der Waals surface area (Å²) >= 11 is 0. The van der Waals surface area contributed by atoms with Gasteiger partial charge in [-0.25, -0.2) is 4.39 Å². The molecule has 1 aliphatic rings. The van der Waals surface area contributed by atoms with Crippen LogP contribution in [0.4, 0.5) is 4.39 Å². The van der Waals surface area contributed by atoms with Crippen molar-refractivity contribution < 1.29 is 18.6 Å². The van der Waals surface area contributed by atoms with E-state index in [-0.39, 0.29) is 12.4 Å². The summed E-state index contributed by atoms with van der Waals surface area (Å²) in [6.45, 7) is 2.60. The second-order valence-corrected chi connectivity index (χ2v) is 6.59. The molecule has 0 amide bonds. The van der Waals surface area contributed by atoms with Crippen molar-refractivity contribution in [1.82, 2.24) is 10.2 Å². The van der Waals surface area contributed by atoms with Crippen LogP contribution >= 0.6 is 0 Å². The Bertz CT molecular complexity index is 842. The minimum atomic E-state index is -0.259. The van der Waals surface area contributed by atoms with Gasteiger partial charge in [0.05, 0.1) is 6.61 Å². The highest BCUT2D eigenvalue weighted by Gasteiger charge is 2.14. The molecule has 0 spiro atoms. The van der Waals surface area contributed by atoms with Gasteiger partial charge in [0.2, 0.25) is 0 Å². The van der Waals surface area contributed by atoms with E-state index < -0.39 is 0 Å². The summed E-state index contributed by atoms with van der Waals surface area (Å²) in [7, 11) is 5.26. The van der Waals surface area contributed by atoms with Crippen molar-refractivity contribution in [3.05, 3.63) is 58.9 Å². The fourth-order valence-corrected chi connectivity index (χ4v) is 3.10. The third kappa shape index (κ3) is 4.92. The van der Waals surface area contributed by atoms with E-state index in [0.29, 0.717) is 31.9 Å². The molecule has 0 saturated carbocycles. The second-order valence-electron chi connectivity index (χ2n) is 6.59. The molecule has 150 valence electrons. The predicted molar refractivity (Wildman–Crippen MR) is 106 cm³/mol. The van der Waals surface area contributed by atoms with Crippen molar-refractivity contribution in [3.8, 4) is 11.5 Å². The molecule has 7 heteroatoms. The molecule has 0 fully saturated rings. The average molecular weight is 387 g/mol. The summed E-state index contributed by atoms with van der Waals surface area (Å²) in [6, 6.07) is 11.0. The first-order valence-electron chi connectivity index (χ1n) is 9.17. The topological polar surface area (TPSA) is 55.3 Å². The molecule has 1 N–H and O–H groups in total. The van der Waals surface area contributed by atoms with Gasteiger partial charge < -0.3 is 24.4 Å². The molecule has 1 heterocycles. The summed E-state index contributed by atoms with van der Waals surface area (Å²) in [5, 5.41) is 3.31. The molecule has 0 unspecified atom stereocenters. The van der Waals surface area contributed by atoms with E-state index in [1.165, 1.54) is 6.07 Å². The van der Waals surface area contributed by atoms with Crippen LogP contribution in [-0.4, -0.2) is 45.3 Å². The Hall–Kier alpha value is -2.80. The molecule has 0 bridgehead atoms. The van der Waals surface area contributed by atoms with E-state index >= 15 is 0 Å². The van der Waals surface area contributed by atoms with Gasteiger partial charge in [-0.05, 0) is 35.4 Å². The maximum atomic E-state index is 13.8. The largest absolute Gasteiger partial charge is 0.486 e. The first-order chi connectivity index (χ1) is 13.6. The van der Waals surface area contributed by atoms with E-state index in [9.17, 15) is 4.39 Å². The molecule has 1 aliphatic heterocycles. The molecule has 0 aliphatic carbocycles. The Balaban J connectivity index is 1.61. The number of nitrogens with zero attached hydrogens (tertiary/aromatic N) is 2. The van der Waals surface area contributed by atoms with Crippen molar-refractivity contribution in [2.24, 2.45) is 4.99 Å². The van der Waals surface area contributed by atoms with Gasteiger partial charge in [-0.15, -0.1) is 0 Å². The van der Waals surface area contributed by atoms with Crippen LogP contribution in [-0.2, 0) is 24.4 Å². The lowest BCUT2D eigenvalue weighted by molar-refractivity contribution is 0.171. The van der Waals surface area contributed by atoms with Gasteiger partial charge in [0, 0.05) is 39.9 Å². The van der Waals surface area contributed by atoms with Gasteiger partial charge >= 0.3 is 0 Å². The number of aliphatic imine (C=N–C) groups is 1. The van der Waals surface area contributed by atoms with E-state index in [1.807, 2.05) is 30.1 Å². The quantitative estimate of drug-likeness (QED) is 0.610. The zero-order valence-corrected chi connectivity index (χ0v) is 16.5. The first-order valence-corrected chi connectivity index (χ1v) is 9.17. The highest BCUT2D eigenvalue weighted by molar-refractivity contribution is 5.79. The summed E-state index contributed by atoms with van der Waals surface area (Å²) < 4.78 is 30.0. The molecular weight excluding hydrogens is 361 g/mol. The van der Waals surface area contributed by atoms with Gasteiger partial charge in [0.15, 0.2) is 17.5 Å². The van der Waals surface area contributed by atoms with Crippen LogP contribution in [0.3, 0.4) is 0 Å². The molecule has 0 atom stereocenters. The predicted octanol–water partition coefficient (Wildman–Crippen LogP) is 2.95. The second kappa shape index (κ2) is 9.41. The van der Waals surface area contributed by atoms with Crippen molar-refractivity contribution in [2.75, 3.05) is 34.4 Å². The van der Waals surface area contributed by atoms with Crippen molar-refractivity contribution in [2.45, 2.75) is 19.7 Å². The molecule has 6 nitrogen and oxygen atoms in total. The Labute approximate surface area is 164 Å². The number of methoxy groups -OCH3 is 1. The van der Waals surface area contributed by atoms with Gasteiger partial charge in [-0.1, -0.05) is 12.1 Å². The van der Waals surface area contributed by atoms with E-state index in [0.717, 1.165) is 28.6 Å². The minimum absolute atomic E-state index is 0.248. The number of ether oxygens (including phenoxy) is 3. The van der Waals surface area contributed by atoms with Crippen LogP contribution in [0.25, 0.3) is 0 Å². The third-order valence-electron chi connectivity index (χ3n) is 4.46. The number of fused-ring (bicyclic) bond motifs is 1. The average Bonchev–Trinajstić information content (AvgIpc) is 2.71. The molecule has 2 aromatic rings. The first kappa shape index (κ1) is 19.9. The smallest absolute Gasteiger partial charge is 0.193 e. The molecule has 2 aromatic carbocycles. The van der Waals surface area contributed by atoms with Crippen molar-refractivity contribution in [1.29, 1.82) is 0 Å². The Kier molecular flexibility index (Phi) is 6.71. The van der Waals surface area contributed by atoms with E-state index in [2.05, 4.69) is 10.3 Å². The lowest BCUT2D eigenvalue weighted by atomic mass is 10.1. The highest BCUT2D eigenvalue weighted by atomic mass is 19.1. The minimum Gasteiger partial charge on any atom is -0.486 e. The van der Waals surface area contributed by atoms with Crippen molar-refractivity contribution in [3.63, 3.8) is 0 Å². The number of guanidine groups is 1. The molecule has 0 saturated heterocycles. The number of nitrogens with one attached hydrogen (secondary N) is 1. The Morgan fingerprint density at radius 3 is 2.64 bits per heavy atom. The van der Waals surface area contributed by atoms with E-state index in [1.54, 1.807) is 26.3 Å². The van der Waals surface area contributed by atoms with Crippen LogP contribution in [0.1, 0.15) is 16.7 Å². The molecule has 0 radical (unpaired) electrons. The number of halogens is 1. The van der Waals surface area contributed by atoms with E-state index in [4.69, 9.17) is 14.2 Å². The van der Waals surface area contributed by atoms with Crippen LogP contribution < -0.4 is 14.8 Å². The lowest BCUT2D eigenvalue weighted by Crippen LogP contribution is -2.38. The Morgan fingerprint density at radius 2 is 1.89 bits per heavy atom. The van der Waals surface area contributed by atoms with Gasteiger partial charge in [0.1, 0.15) is 19.0 Å². The SMILES string of the molecule is CN=C(NCc1ccc(F)c(COC)c1)N(C)Cc1ccc2c(c1)OCCO2. The molecule has 3 rings (SSSR count). The van der Waals surface area contributed by atoms with Crippen LogP contribution in [0.5, 0.6) is 11.5 Å². The number of hydrogen-bond acceptors (Lipinski definition) is 4. The maximum absolute atomic E-state index is 13.8. The fraction of sp³-hybridized carbons (Fsp3) is 0.381. The zero-order valence-electron chi connectivity index (χ0n) is 16.5. The van der Waals surface area contributed by atoms with Crippen molar-refractivity contribution >= 4 is 5.96 Å². The molecule has 28 heavy (non-hydrogen) atoms. The maximum Gasteiger partial charge on any atom is 0.193 e. The van der Waals surface area contributed by atoms with Crippen LogP contribution in [0.2, 0.25) is 0 Å². The van der Waals surface area contributed by atoms with Crippen LogP contribution in [0.15, 0.2) is 41.4 Å². The summed E-state index contributed by atoms with van der Waals surface area (Å²) in [5.41, 5.74) is 2.60. The molecular formula is C21H26FN3O3. The number of hydrogen-bond donors (Lipinski definition) is 1. The normalized spacial score (nSPS) is 13.4. The fourth-order valence-electron chi connectivity index (χ4n) is 3.10. The van der Waals surface area contributed by atoms with Gasteiger partial charge in [-0.2, -0.15) is 0 Å². The summed E-state index contributed by atoms with van der Waals surface area (Å²) in [4.78, 5) is 6.36. The standard InChI is InChI=1S/C21H26FN3O3/c1-23-21(24-12-15-4-6-18(22)17(10-15)14-26-3)25(2)13-16-5-7-19-20(11-16)28-9-8-27-19/h4-7,10-11H,8-9,12-14H2,1-3H3,(H,23,24). The molecule has 0 aromatic heterocycles. The number of benzene rings is 2. The highest BCUT2D eigenvalue weighted by Crippen LogP contribution is 2.31. The Morgan fingerprint density at radius 1 is 1.14 bits per heavy atom. The van der Waals surface area contributed by atoms with Gasteiger partial charge in [-0.3, -0.25) is 4.99 Å². The zero-order chi connectivity index (χ0) is 19.9. The summed E-state index contributed by atoms with van der Waals surface area (Å²) in [6.07, 6.45) is 0. The van der Waals surface area contributed by atoms with Crippen LogP contribution in [0, 0.1) is 5.82 Å². The lowest BCUT2D eigenvalue weighted by Gasteiger charge is -2.24. The van der Waals surface area contributed by atoms with Gasteiger partial charge in [0.25, 0.3) is 0 Å². The third-order valence-corrected chi connectivity index (χ3v) is 4.46. The monoisotopic (exact) mass is 387 g/mol. The number of rotatable bonds is 6.